The van der Waals surface area contributed by atoms with Crippen LogP contribution in [0.5, 0.6) is 0 Å². The number of unbranched alkanes of at least 4 members (excludes halogenated alkanes) is 4. The van der Waals surface area contributed by atoms with Crippen molar-refractivity contribution in [3.8, 4) is 0 Å². The summed E-state index contributed by atoms with van der Waals surface area (Å²) in [6, 6.07) is 5.64. The second-order valence-electron chi connectivity index (χ2n) is 4.38. The average molecular weight is 320 g/mol. The summed E-state index contributed by atoms with van der Waals surface area (Å²) in [6.45, 7) is 2.20. The Morgan fingerprint density at radius 3 is 2.59 bits per heavy atom. The van der Waals surface area contributed by atoms with Crippen LogP contribution < -0.4 is 0 Å². The van der Waals surface area contributed by atoms with Crippen LogP contribution >= 0.6 is 27.5 Å². The number of aliphatic hydroxyl groups is 1. The standard InChI is InChI=1S/C14H20BrClO/c1-2-3-4-5-6-7-14(17)12-9-8-11(15)10-13(12)16/h8-10,14,17H,2-7H2,1H3. The van der Waals surface area contributed by atoms with Crippen LogP contribution in [0.2, 0.25) is 5.02 Å². The normalized spacial score (nSPS) is 12.7. The minimum atomic E-state index is -0.433. The third-order valence-electron chi connectivity index (χ3n) is 2.90. The molecule has 3 heteroatoms. The summed E-state index contributed by atoms with van der Waals surface area (Å²) in [5, 5.41) is 10.7. The molecule has 1 unspecified atom stereocenters. The third-order valence-corrected chi connectivity index (χ3v) is 3.72. The van der Waals surface area contributed by atoms with Gasteiger partial charge in [0, 0.05) is 9.50 Å². The topological polar surface area (TPSA) is 20.2 Å². The first-order chi connectivity index (χ1) is 8.15. The minimum absolute atomic E-state index is 0.433. The van der Waals surface area contributed by atoms with E-state index in [1.165, 1.54) is 25.7 Å². The largest absolute Gasteiger partial charge is 0.388 e. The van der Waals surface area contributed by atoms with Crippen molar-refractivity contribution in [3.63, 3.8) is 0 Å². The fourth-order valence-corrected chi connectivity index (χ4v) is 2.67. The van der Waals surface area contributed by atoms with Crippen LogP contribution in [-0.4, -0.2) is 5.11 Å². The summed E-state index contributed by atoms with van der Waals surface area (Å²) in [5.74, 6) is 0. The first kappa shape index (κ1) is 15.0. The Balaban J connectivity index is 2.38. The Labute approximate surface area is 117 Å². The molecule has 1 N–H and O–H groups in total. The number of aliphatic hydroxyl groups excluding tert-OH is 1. The van der Waals surface area contributed by atoms with Gasteiger partial charge in [0.1, 0.15) is 0 Å². The molecule has 0 radical (unpaired) electrons. The minimum Gasteiger partial charge on any atom is -0.388 e. The van der Waals surface area contributed by atoms with Crippen molar-refractivity contribution in [3.05, 3.63) is 33.3 Å². The zero-order valence-corrected chi connectivity index (χ0v) is 12.6. The molecule has 1 rings (SSSR count). The molecule has 1 nitrogen and oxygen atoms in total. The van der Waals surface area contributed by atoms with Gasteiger partial charge in [-0.1, -0.05) is 72.6 Å². The van der Waals surface area contributed by atoms with Gasteiger partial charge in [-0.15, -0.1) is 0 Å². The molecule has 17 heavy (non-hydrogen) atoms. The van der Waals surface area contributed by atoms with Gasteiger partial charge in [0.25, 0.3) is 0 Å². The second kappa shape index (κ2) is 8.12. The molecule has 0 aliphatic heterocycles. The lowest BCUT2D eigenvalue weighted by molar-refractivity contribution is 0.163. The summed E-state index contributed by atoms with van der Waals surface area (Å²) < 4.78 is 0.946. The molecule has 0 spiro atoms. The van der Waals surface area contributed by atoms with Crippen LogP contribution in [-0.2, 0) is 0 Å². The molecule has 0 fully saturated rings. The van der Waals surface area contributed by atoms with Crippen LogP contribution in [0.3, 0.4) is 0 Å². The van der Waals surface area contributed by atoms with Crippen molar-refractivity contribution >= 4 is 27.5 Å². The number of halogens is 2. The first-order valence-electron chi connectivity index (χ1n) is 6.28. The van der Waals surface area contributed by atoms with Gasteiger partial charge in [0.15, 0.2) is 0 Å². The van der Waals surface area contributed by atoms with E-state index >= 15 is 0 Å². The Bertz CT molecular complexity index is 341. The summed E-state index contributed by atoms with van der Waals surface area (Å²) in [6.07, 6.45) is 6.42. The van der Waals surface area contributed by atoms with E-state index in [1.807, 2.05) is 18.2 Å². The smallest absolute Gasteiger partial charge is 0.0804 e. The van der Waals surface area contributed by atoms with E-state index in [2.05, 4.69) is 22.9 Å². The lowest BCUT2D eigenvalue weighted by Gasteiger charge is -2.12. The van der Waals surface area contributed by atoms with Crippen LogP contribution in [0, 0.1) is 0 Å². The highest BCUT2D eigenvalue weighted by Crippen LogP contribution is 2.29. The molecule has 0 saturated heterocycles. The van der Waals surface area contributed by atoms with Gasteiger partial charge in [-0.2, -0.15) is 0 Å². The van der Waals surface area contributed by atoms with E-state index < -0.39 is 6.10 Å². The van der Waals surface area contributed by atoms with E-state index in [4.69, 9.17) is 11.6 Å². The van der Waals surface area contributed by atoms with Crippen molar-refractivity contribution in [2.45, 2.75) is 51.6 Å². The number of rotatable bonds is 7. The monoisotopic (exact) mass is 318 g/mol. The predicted octanol–water partition coefficient (Wildman–Crippen LogP) is 5.50. The Morgan fingerprint density at radius 2 is 1.94 bits per heavy atom. The second-order valence-corrected chi connectivity index (χ2v) is 5.71. The molecule has 0 heterocycles. The molecule has 96 valence electrons. The molecule has 0 aromatic heterocycles. The van der Waals surface area contributed by atoms with E-state index in [0.29, 0.717) is 5.02 Å². The van der Waals surface area contributed by atoms with Crippen molar-refractivity contribution in [1.82, 2.24) is 0 Å². The van der Waals surface area contributed by atoms with Crippen LogP contribution in [0.25, 0.3) is 0 Å². The Hall–Kier alpha value is -0.0500. The average Bonchev–Trinajstić information content (AvgIpc) is 2.28. The molecule has 1 aromatic carbocycles. The maximum Gasteiger partial charge on any atom is 0.0804 e. The quantitative estimate of drug-likeness (QED) is 0.658. The van der Waals surface area contributed by atoms with Crippen LogP contribution in [0.4, 0.5) is 0 Å². The van der Waals surface area contributed by atoms with Gasteiger partial charge < -0.3 is 5.11 Å². The van der Waals surface area contributed by atoms with Crippen molar-refractivity contribution < 1.29 is 5.11 Å². The van der Waals surface area contributed by atoms with E-state index in [9.17, 15) is 5.11 Å². The predicted molar refractivity (Wildman–Crippen MR) is 77.5 cm³/mol. The van der Waals surface area contributed by atoms with E-state index in [1.54, 1.807) is 0 Å². The summed E-state index contributed by atoms with van der Waals surface area (Å²) in [4.78, 5) is 0. The number of benzene rings is 1. The molecule has 1 aromatic rings. The highest BCUT2D eigenvalue weighted by Gasteiger charge is 2.11. The maximum atomic E-state index is 10.0. The molecular formula is C14H20BrClO. The first-order valence-corrected chi connectivity index (χ1v) is 7.45. The molecular weight excluding hydrogens is 300 g/mol. The zero-order chi connectivity index (χ0) is 12.7. The molecule has 0 aliphatic carbocycles. The van der Waals surface area contributed by atoms with Crippen molar-refractivity contribution in [2.75, 3.05) is 0 Å². The van der Waals surface area contributed by atoms with Gasteiger partial charge >= 0.3 is 0 Å². The zero-order valence-electron chi connectivity index (χ0n) is 10.3. The molecule has 0 saturated carbocycles. The van der Waals surface area contributed by atoms with Crippen molar-refractivity contribution in [1.29, 1.82) is 0 Å². The summed E-state index contributed by atoms with van der Waals surface area (Å²) >= 11 is 9.46. The Kier molecular flexibility index (Phi) is 7.17. The fraction of sp³-hybridized carbons (Fsp3) is 0.571. The fourth-order valence-electron chi connectivity index (χ4n) is 1.87. The summed E-state index contributed by atoms with van der Waals surface area (Å²) in [5.41, 5.74) is 0.838. The SMILES string of the molecule is CCCCCCCC(O)c1ccc(Br)cc1Cl. The van der Waals surface area contributed by atoms with Crippen molar-refractivity contribution in [2.24, 2.45) is 0 Å². The molecule has 1 atom stereocenters. The highest BCUT2D eigenvalue weighted by molar-refractivity contribution is 9.10. The van der Waals surface area contributed by atoms with Crippen LogP contribution in [0.15, 0.2) is 22.7 Å². The van der Waals surface area contributed by atoms with Gasteiger partial charge in [-0.3, -0.25) is 0 Å². The maximum absolute atomic E-state index is 10.0. The van der Waals surface area contributed by atoms with Gasteiger partial charge in [0.05, 0.1) is 6.10 Å². The number of hydrogen-bond acceptors (Lipinski definition) is 1. The number of hydrogen-bond donors (Lipinski definition) is 1. The Morgan fingerprint density at radius 1 is 1.24 bits per heavy atom. The molecule has 0 bridgehead atoms. The lowest BCUT2D eigenvalue weighted by Crippen LogP contribution is -1.98. The van der Waals surface area contributed by atoms with Gasteiger partial charge in [-0.25, -0.2) is 0 Å². The summed E-state index contributed by atoms with van der Waals surface area (Å²) in [7, 11) is 0. The molecule has 0 aliphatic rings. The van der Waals surface area contributed by atoms with Crippen LogP contribution in [0.1, 0.15) is 57.1 Å². The van der Waals surface area contributed by atoms with Gasteiger partial charge in [-0.05, 0) is 24.1 Å². The lowest BCUT2D eigenvalue weighted by atomic mass is 10.0. The third kappa shape index (κ3) is 5.41. The highest BCUT2D eigenvalue weighted by atomic mass is 79.9. The van der Waals surface area contributed by atoms with Gasteiger partial charge in [0.2, 0.25) is 0 Å². The molecule has 0 amide bonds. The van der Waals surface area contributed by atoms with E-state index in [-0.39, 0.29) is 0 Å². The van der Waals surface area contributed by atoms with E-state index in [0.717, 1.165) is 22.9 Å².